The normalized spacial score (nSPS) is 10.8. The van der Waals surface area contributed by atoms with Gasteiger partial charge >= 0.3 is 0 Å². The van der Waals surface area contributed by atoms with Gasteiger partial charge in [-0.15, -0.1) is 11.3 Å². The maximum Gasteiger partial charge on any atom is 0.273 e. The third kappa shape index (κ3) is 4.69. The van der Waals surface area contributed by atoms with E-state index in [1.54, 1.807) is 17.3 Å². The van der Waals surface area contributed by atoms with Gasteiger partial charge in [-0.05, 0) is 25.3 Å². The summed E-state index contributed by atoms with van der Waals surface area (Å²) in [7, 11) is 1.64. The van der Waals surface area contributed by atoms with E-state index in [9.17, 15) is 9.59 Å². The molecule has 0 aliphatic rings. The van der Waals surface area contributed by atoms with Gasteiger partial charge in [0.25, 0.3) is 5.91 Å². The van der Waals surface area contributed by atoms with Crippen LogP contribution in [0.15, 0.2) is 29.6 Å². The Balaban J connectivity index is 2.08. The molecule has 0 saturated heterocycles. The molecule has 1 aromatic carbocycles. The molecule has 0 radical (unpaired) electrons. The summed E-state index contributed by atoms with van der Waals surface area (Å²) >= 11 is 1.44. The van der Waals surface area contributed by atoms with E-state index in [0.717, 1.165) is 10.6 Å². The molecule has 0 aliphatic carbocycles. The van der Waals surface area contributed by atoms with E-state index in [-0.39, 0.29) is 18.4 Å². The molecule has 2 amide bonds. The van der Waals surface area contributed by atoms with E-state index >= 15 is 0 Å². The zero-order chi connectivity index (χ0) is 19.3. The lowest BCUT2D eigenvalue weighted by atomic mass is 10.0. The van der Waals surface area contributed by atoms with Gasteiger partial charge in [-0.3, -0.25) is 9.59 Å². The molecular formula is C20H27N3O2S. The average Bonchev–Trinajstić information content (AvgIpc) is 3.12. The van der Waals surface area contributed by atoms with Crippen LogP contribution in [-0.2, 0) is 4.79 Å². The van der Waals surface area contributed by atoms with Crippen molar-refractivity contribution in [2.24, 2.45) is 0 Å². The number of amides is 2. The predicted molar refractivity (Wildman–Crippen MR) is 107 cm³/mol. The number of likely N-dealkylation sites (N-methyl/N-ethyl adjacent to an activating group) is 2. The van der Waals surface area contributed by atoms with E-state index in [1.165, 1.54) is 21.8 Å². The first-order valence-electron chi connectivity index (χ1n) is 8.96. The van der Waals surface area contributed by atoms with Gasteiger partial charge in [-0.2, -0.15) is 0 Å². The Hall–Kier alpha value is -2.21. The SMILES string of the molecule is CCN(CC)C(=O)CN(C)C(=O)c1csc(-c2ccc(C(C)C)cc2)n1. The highest BCUT2D eigenvalue weighted by atomic mass is 32.1. The molecule has 1 heterocycles. The second kappa shape index (κ2) is 8.94. The van der Waals surface area contributed by atoms with E-state index < -0.39 is 0 Å². The predicted octanol–water partition coefficient (Wildman–Crippen LogP) is 3.87. The van der Waals surface area contributed by atoms with Gasteiger partial charge in [0.05, 0.1) is 6.54 Å². The number of carbonyl (C=O) groups is 2. The molecule has 140 valence electrons. The minimum Gasteiger partial charge on any atom is -0.342 e. The van der Waals surface area contributed by atoms with Crippen molar-refractivity contribution in [1.82, 2.24) is 14.8 Å². The molecule has 0 fully saturated rings. The monoisotopic (exact) mass is 373 g/mol. The van der Waals surface area contributed by atoms with E-state index in [2.05, 4.69) is 31.0 Å². The van der Waals surface area contributed by atoms with Crippen LogP contribution in [0.1, 0.15) is 49.7 Å². The van der Waals surface area contributed by atoms with Crippen LogP contribution >= 0.6 is 11.3 Å². The van der Waals surface area contributed by atoms with Crippen molar-refractivity contribution in [2.75, 3.05) is 26.7 Å². The highest BCUT2D eigenvalue weighted by molar-refractivity contribution is 7.13. The number of benzene rings is 1. The van der Waals surface area contributed by atoms with E-state index in [0.29, 0.717) is 24.7 Å². The van der Waals surface area contributed by atoms with Crippen molar-refractivity contribution < 1.29 is 9.59 Å². The summed E-state index contributed by atoms with van der Waals surface area (Å²) in [5, 5.41) is 2.57. The number of hydrogen-bond donors (Lipinski definition) is 0. The lowest BCUT2D eigenvalue weighted by Crippen LogP contribution is -2.41. The summed E-state index contributed by atoms with van der Waals surface area (Å²) in [6.07, 6.45) is 0. The molecule has 26 heavy (non-hydrogen) atoms. The number of carbonyl (C=O) groups excluding carboxylic acids is 2. The van der Waals surface area contributed by atoms with Gasteiger partial charge in [-0.25, -0.2) is 4.98 Å². The molecule has 6 heteroatoms. The highest BCUT2D eigenvalue weighted by Gasteiger charge is 2.20. The van der Waals surface area contributed by atoms with Crippen LogP contribution in [-0.4, -0.2) is 53.3 Å². The fourth-order valence-electron chi connectivity index (χ4n) is 2.66. The Kier molecular flexibility index (Phi) is 6.91. The first-order valence-corrected chi connectivity index (χ1v) is 9.84. The van der Waals surface area contributed by atoms with Crippen LogP contribution < -0.4 is 0 Å². The van der Waals surface area contributed by atoms with Crippen molar-refractivity contribution >= 4 is 23.2 Å². The molecule has 2 aromatic rings. The Morgan fingerprint density at radius 2 is 1.73 bits per heavy atom. The molecule has 0 atom stereocenters. The maximum absolute atomic E-state index is 12.6. The maximum atomic E-state index is 12.6. The molecule has 0 aliphatic heterocycles. The first kappa shape index (κ1) is 20.1. The molecule has 5 nitrogen and oxygen atoms in total. The van der Waals surface area contributed by atoms with Crippen molar-refractivity contribution in [3.63, 3.8) is 0 Å². The summed E-state index contributed by atoms with van der Waals surface area (Å²) in [4.78, 5) is 32.4. The van der Waals surface area contributed by atoms with Crippen LogP contribution in [0.5, 0.6) is 0 Å². The fourth-order valence-corrected chi connectivity index (χ4v) is 3.46. The average molecular weight is 374 g/mol. The van der Waals surface area contributed by atoms with E-state index in [4.69, 9.17) is 0 Å². The van der Waals surface area contributed by atoms with Crippen LogP contribution in [0.25, 0.3) is 10.6 Å². The molecular weight excluding hydrogens is 346 g/mol. The van der Waals surface area contributed by atoms with Gasteiger partial charge in [0.15, 0.2) is 0 Å². The smallest absolute Gasteiger partial charge is 0.273 e. The summed E-state index contributed by atoms with van der Waals surface area (Å²) in [5.74, 6) is 0.201. The summed E-state index contributed by atoms with van der Waals surface area (Å²) in [6.45, 7) is 9.53. The van der Waals surface area contributed by atoms with Crippen molar-refractivity contribution in [3.05, 3.63) is 40.9 Å². The number of aromatic nitrogens is 1. The quantitative estimate of drug-likeness (QED) is 0.740. The topological polar surface area (TPSA) is 53.5 Å². The number of nitrogens with zero attached hydrogens (tertiary/aromatic N) is 3. The first-order chi connectivity index (χ1) is 12.4. The van der Waals surface area contributed by atoms with Gasteiger partial charge in [-0.1, -0.05) is 38.1 Å². The summed E-state index contributed by atoms with van der Waals surface area (Å²) in [6, 6.07) is 8.27. The minimum absolute atomic E-state index is 0.0504. The third-order valence-corrected chi connectivity index (χ3v) is 5.27. The number of rotatable bonds is 7. The van der Waals surface area contributed by atoms with Crippen LogP contribution in [0.4, 0.5) is 0 Å². The molecule has 0 N–H and O–H groups in total. The van der Waals surface area contributed by atoms with Crippen LogP contribution in [0, 0.1) is 0 Å². The standard InChI is InChI=1S/C20H27N3O2S/c1-6-23(7-2)18(24)12-22(5)20(25)17-13-26-19(21-17)16-10-8-15(9-11-16)14(3)4/h8-11,13-14H,6-7,12H2,1-5H3. The lowest BCUT2D eigenvalue weighted by molar-refractivity contribution is -0.131. The molecule has 1 aromatic heterocycles. The van der Waals surface area contributed by atoms with Crippen molar-refractivity contribution in [3.8, 4) is 10.6 Å². The largest absolute Gasteiger partial charge is 0.342 e. The fraction of sp³-hybridized carbons (Fsp3) is 0.450. The number of hydrogen-bond acceptors (Lipinski definition) is 4. The summed E-state index contributed by atoms with van der Waals surface area (Å²) in [5.41, 5.74) is 2.66. The van der Waals surface area contributed by atoms with Gasteiger partial charge < -0.3 is 9.80 Å². The second-order valence-corrected chi connectivity index (χ2v) is 7.40. The zero-order valence-electron chi connectivity index (χ0n) is 16.2. The number of thiazole rings is 1. The van der Waals surface area contributed by atoms with Crippen LogP contribution in [0.3, 0.4) is 0 Å². The van der Waals surface area contributed by atoms with Gasteiger partial charge in [0.2, 0.25) is 5.91 Å². The zero-order valence-corrected chi connectivity index (χ0v) is 17.0. The minimum atomic E-state index is -0.230. The molecule has 2 rings (SSSR count). The third-order valence-electron chi connectivity index (χ3n) is 4.38. The van der Waals surface area contributed by atoms with Crippen LogP contribution in [0.2, 0.25) is 0 Å². The Labute approximate surface area is 159 Å². The van der Waals surface area contributed by atoms with Crippen molar-refractivity contribution in [2.45, 2.75) is 33.6 Å². The van der Waals surface area contributed by atoms with Gasteiger partial charge in [0, 0.05) is 31.1 Å². The second-order valence-electron chi connectivity index (χ2n) is 6.54. The summed E-state index contributed by atoms with van der Waals surface area (Å²) < 4.78 is 0. The molecule has 0 saturated carbocycles. The van der Waals surface area contributed by atoms with Gasteiger partial charge in [0.1, 0.15) is 10.7 Å². The molecule has 0 bridgehead atoms. The molecule has 0 spiro atoms. The highest BCUT2D eigenvalue weighted by Crippen LogP contribution is 2.26. The molecule has 0 unspecified atom stereocenters. The van der Waals surface area contributed by atoms with Crippen molar-refractivity contribution in [1.29, 1.82) is 0 Å². The Morgan fingerprint density at radius 3 is 2.27 bits per heavy atom. The van der Waals surface area contributed by atoms with E-state index in [1.807, 2.05) is 26.0 Å². The Bertz CT molecular complexity index is 749. The lowest BCUT2D eigenvalue weighted by Gasteiger charge is -2.22. The Morgan fingerprint density at radius 1 is 1.12 bits per heavy atom.